The zero-order valence-corrected chi connectivity index (χ0v) is 11.2. The van der Waals surface area contributed by atoms with Crippen molar-refractivity contribution in [3.63, 3.8) is 0 Å². The largest absolute Gasteiger partial charge is 0.478 e. The highest BCUT2D eigenvalue weighted by Gasteiger charge is 2.17. The van der Waals surface area contributed by atoms with Crippen molar-refractivity contribution in [3.8, 4) is 0 Å². The minimum absolute atomic E-state index is 0.0244. The molecule has 0 saturated heterocycles. The number of anilines is 1. The number of nitrogens with zero attached hydrogens (tertiary/aromatic N) is 2. The van der Waals surface area contributed by atoms with Gasteiger partial charge in [0.05, 0.1) is 11.2 Å². The van der Waals surface area contributed by atoms with E-state index in [0.717, 1.165) is 18.5 Å². The van der Waals surface area contributed by atoms with E-state index >= 15 is 0 Å². The third kappa shape index (κ3) is 4.78. The summed E-state index contributed by atoms with van der Waals surface area (Å²) in [6, 6.07) is 0.877. The molecule has 11 heteroatoms. The van der Waals surface area contributed by atoms with Crippen molar-refractivity contribution < 1.29 is 23.2 Å². The number of nitro groups is 1. The highest BCUT2D eigenvalue weighted by Crippen LogP contribution is 2.18. The second-order valence-electron chi connectivity index (χ2n) is 3.75. The van der Waals surface area contributed by atoms with E-state index in [2.05, 4.69) is 15.0 Å². The van der Waals surface area contributed by atoms with Crippen molar-refractivity contribution in [2.45, 2.75) is 0 Å². The van der Waals surface area contributed by atoms with Crippen LogP contribution in [-0.2, 0) is 10.0 Å². The predicted octanol–water partition coefficient (Wildman–Crippen LogP) is -0.351. The summed E-state index contributed by atoms with van der Waals surface area (Å²) in [6.07, 6.45) is 1.90. The fourth-order valence-electron chi connectivity index (χ4n) is 1.27. The van der Waals surface area contributed by atoms with Crippen molar-refractivity contribution in [1.29, 1.82) is 0 Å². The van der Waals surface area contributed by atoms with Gasteiger partial charge in [-0.2, -0.15) is 0 Å². The number of rotatable bonds is 7. The number of aromatic nitrogens is 1. The first-order valence-corrected chi connectivity index (χ1v) is 7.16. The first-order chi connectivity index (χ1) is 9.20. The lowest BCUT2D eigenvalue weighted by atomic mass is 10.2. The molecular formula is C9H12N4O6S. The van der Waals surface area contributed by atoms with Crippen LogP contribution in [0.15, 0.2) is 12.3 Å². The van der Waals surface area contributed by atoms with Gasteiger partial charge in [-0.1, -0.05) is 0 Å². The number of sulfonamides is 1. The van der Waals surface area contributed by atoms with Crippen molar-refractivity contribution in [2.75, 3.05) is 24.7 Å². The van der Waals surface area contributed by atoms with Crippen molar-refractivity contribution in [1.82, 2.24) is 9.71 Å². The molecule has 1 heterocycles. The molecule has 0 aromatic carbocycles. The second-order valence-corrected chi connectivity index (χ2v) is 5.58. The molecule has 1 aromatic rings. The molecule has 0 atom stereocenters. The lowest BCUT2D eigenvalue weighted by Gasteiger charge is -2.08. The molecule has 0 aliphatic carbocycles. The van der Waals surface area contributed by atoms with Gasteiger partial charge in [0.2, 0.25) is 10.0 Å². The number of pyridine rings is 1. The normalized spacial score (nSPS) is 11.1. The second kappa shape index (κ2) is 6.25. The third-order valence-electron chi connectivity index (χ3n) is 2.10. The van der Waals surface area contributed by atoms with Gasteiger partial charge in [-0.15, -0.1) is 0 Å². The zero-order valence-electron chi connectivity index (χ0n) is 10.4. The Morgan fingerprint density at radius 3 is 2.65 bits per heavy atom. The summed E-state index contributed by atoms with van der Waals surface area (Å²) in [7, 11) is -3.34. The molecule has 0 aliphatic heterocycles. The molecule has 3 N–H and O–H groups in total. The number of carboxylic acids is 1. The molecule has 0 spiro atoms. The van der Waals surface area contributed by atoms with Gasteiger partial charge in [-0.25, -0.2) is 22.9 Å². The van der Waals surface area contributed by atoms with Crippen molar-refractivity contribution >= 4 is 27.5 Å². The summed E-state index contributed by atoms with van der Waals surface area (Å²) in [5.41, 5.74) is -0.805. The van der Waals surface area contributed by atoms with E-state index in [1.807, 2.05) is 0 Å². The summed E-state index contributed by atoms with van der Waals surface area (Å²) in [5, 5.41) is 22.1. The van der Waals surface area contributed by atoms with Crippen LogP contribution in [0.2, 0.25) is 0 Å². The number of hydrogen-bond donors (Lipinski definition) is 3. The van der Waals surface area contributed by atoms with Gasteiger partial charge in [-0.05, 0) is 0 Å². The Hall–Kier alpha value is -2.27. The lowest BCUT2D eigenvalue weighted by Crippen LogP contribution is -2.28. The maximum absolute atomic E-state index is 11.0. The van der Waals surface area contributed by atoms with Crippen LogP contribution in [-0.4, -0.2) is 48.7 Å². The van der Waals surface area contributed by atoms with E-state index in [1.54, 1.807) is 0 Å². The van der Waals surface area contributed by atoms with Crippen LogP contribution < -0.4 is 10.0 Å². The highest BCUT2D eigenvalue weighted by atomic mass is 32.2. The molecule has 110 valence electrons. The van der Waals surface area contributed by atoms with Gasteiger partial charge in [0.1, 0.15) is 17.6 Å². The SMILES string of the molecule is CS(=O)(=O)NCCNc1ncc([N+](=O)[O-])cc1C(=O)O. The maximum Gasteiger partial charge on any atom is 0.339 e. The molecule has 1 aromatic heterocycles. The summed E-state index contributed by atoms with van der Waals surface area (Å²) in [4.78, 5) is 24.4. The summed E-state index contributed by atoms with van der Waals surface area (Å²) in [5.74, 6) is -1.45. The molecule has 1 rings (SSSR count). The molecule has 0 fully saturated rings. The zero-order chi connectivity index (χ0) is 15.3. The number of carbonyl (C=O) groups is 1. The van der Waals surface area contributed by atoms with Crippen LogP contribution in [0, 0.1) is 10.1 Å². The van der Waals surface area contributed by atoms with Crippen LogP contribution in [0.4, 0.5) is 11.5 Å². The summed E-state index contributed by atoms with van der Waals surface area (Å²) >= 11 is 0. The van der Waals surface area contributed by atoms with Crippen LogP contribution in [0.25, 0.3) is 0 Å². The highest BCUT2D eigenvalue weighted by molar-refractivity contribution is 7.88. The molecule has 10 nitrogen and oxygen atoms in total. The summed E-state index contributed by atoms with van der Waals surface area (Å²) in [6.45, 7) is 0.106. The van der Waals surface area contributed by atoms with Crippen LogP contribution in [0.5, 0.6) is 0 Å². The topological polar surface area (TPSA) is 152 Å². The molecule has 0 amide bonds. The van der Waals surface area contributed by atoms with Gasteiger partial charge < -0.3 is 10.4 Å². The number of aromatic carboxylic acids is 1. The summed E-state index contributed by atoms with van der Waals surface area (Å²) < 4.78 is 23.8. The molecule has 0 bridgehead atoms. The average molecular weight is 304 g/mol. The monoisotopic (exact) mass is 304 g/mol. The van der Waals surface area contributed by atoms with Crippen LogP contribution in [0.1, 0.15) is 10.4 Å². The van der Waals surface area contributed by atoms with Gasteiger partial charge >= 0.3 is 5.97 Å². The lowest BCUT2D eigenvalue weighted by molar-refractivity contribution is -0.385. The van der Waals surface area contributed by atoms with Gasteiger partial charge in [0.25, 0.3) is 5.69 Å². The van der Waals surface area contributed by atoms with E-state index < -0.39 is 26.6 Å². The standard InChI is InChI=1S/C9H12N4O6S/c1-20(18,19)12-3-2-10-8-7(9(14)15)4-6(5-11-8)13(16)17/h4-5,12H,2-3H2,1H3,(H,10,11)(H,14,15). The number of carboxylic acid groups (broad SMARTS) is 1. The molecule has 0 saturated carbocycles. The molecule has 0 unspecified atom stereocenters. The number of nitrogens with one attached hydrogen (secondary N) is 2. The Morgan fingerprint density at radius 1 is 1.50 bits per heavy atom. The Kier molecular flexibility index (Phi) is 4.94. The third-order valence-corrected chi connectivity index (χ3v) is 2.82. The Morgan fingerprint density at radius 2 is 2.15 bits per heavy atom. The first kappa shape index (κ1) is 15.8. The Labute approximate surface area is 114 Å². The molecule has 0 aliphatic rings. The van der Waals surface area contributed by atoms with Crippen LogP contribution >= 0.6 is 0 Å². The first-order valence-electron chi connectivity index (χ1n) is 5.27. The minimum Gasteiger partial charge on any atom is -0.478 e. The fourth-order valence-corrected chi connectivity index (χ4v) is 1.75. The van der Waals surface area contributed by atoms with Gasteiger partial charge in [-0.3, -0.25) is 10.1 Å². The van der Waals surface area contributed by atoms with Gasteiger partial charge in [0, 0.05) is 19.2 Å². The van der Waals surface area contributed by atoms with Gasteiger partial charge in [0.15, 0.2) is 0 Å². The molecule has 20 heavy (non-hydrogen) atoms. The van der Waals surface area contributed by atoms with E-state index in [9.17, 15) is 23.3 Å². The van der Waals surface area contributed by atoms with Crippen LogP contribution in [0.3, 0.4) is 0 Å². The quantitative estimate of drug-likeness (QED) is 0.351. The molecular weight excluding hydrogens is 292 g/mol. The number of hydrogen-bond acceptors (Lipinski definition) is 7. The Bertz CT molecular complexity index is 629. The smallest absolute Gasteiger partial charge is 0.339 e. The van der Waals surface area contributed by atoms with E-state index in [-0.39, 0.29) is 24.5 Å². The average Bonchev–Trinajstić information content (AvgIpc) is 2.33. The maximum atomic E-state index is 11.0. The van der Waals surface area contributed by atoms with E-state index in [4.69, 9.17) is 5.11 Å². The van der Waals surface area contributed by atoms with E-state index in [0.29, 0.717) is 0 Å². The van der Waals surface area contributed by atoms with E-state index in [1.165, 1.54) is 0 Å². The molecule has 0 radical (unpaired) electrons. The van der Waals surface area contributed by atoms with Crippen molar-refractivity contribution in [3.05, 3.63) is 27.9 Å². The van der Waals surface area contributed by atoms with Crippen molar-refractivity contribution in [2.24, 2.45) is 0 Å². The Balaban J connectivity index is 2.79. The fraction of sp³-hybridized carbons (Fsp3) is 0.333. The predicted molar refractivity (Wildman–Crippen MR) is 69.2 cm³/mol. The minimum atomic E-state index is -3.34.